The number of anilines is 1. The van der Waals surface area contributed by atoms with Gasteiger partial charge in [-0.05, 0) is 49.2 Å². The Morgan fingerprint density at radius 2 is 1.80 bits per heavy atom. The van der Waals surface area contributed by atoms with Crippen molar-refractivity contribution in [3.05, 3.63) is 60.2 Å². The first-order valence-electron chi connectivity index (χ1n) is 10.6. The maximum absolute atomic E-state index is 13.3. The zero-order chi connectivity index (χ0) is 21.3. The number of benzene rings is 2. The first-order valence-corrected chi connectivity index (χ1v) is 10.6. The normalized spacial score (nSPS) is 17.2. The molecule has 160 valence electrons. The Labute approximate surface area is 178 Å². The number of hydrogen-bond acceptors (Lipinski definition) is 4. The summed E-state index contributed by atoms with van der Waals surface area (Å²) in [6.45, 7) is 1.48. The summed E-state index contributed by atoms with van der Waals surface area (Å²) in [6, 6.07) is 17.8. The van der Waals surface area contributed by atoms with E-state index in [1.54, 1.807) is 12.0 Å². The number of nitrogens with zero attached hydrogens (tertiary/aromatic N) is 2. The highest BCUT2D eigenvalue weighted by atomic mass is 16.5. The number of carbonyl (C=O) groups is 2. The predicted octanol–water partition coefficient (Wildman–Crippen LogP) is 3.52. The van der Waals surface area contributed by atoms with Crippen molar-refractivity contribution in [2.24, 2.45) is 5.73 Å². The highest BCUT2D eigenvalue weighted by Gasteiger charge is 2.27. The average Bonchev–Trinajstić information content (AvgIpc) is 3.00. The number of methoxy groups -OCH3 is 1. The van der Waals surface area contributed by atoms with Gasteiger partial charge in [-0.2, -0.15) is 0 Å². The molecule has 1 saturated heterocycles. The molecule has 2 N–H and O–H groups in total. The molecule has 0 saturated carbocycles. The number of amides is 2. The molecule has 2 aromatic carbocycles. The summed E-state index contributed by atoms with van der Waals surface area (Å²) in [7, 11) is 1.66. The Kier molecular flexibility index (Phi) is 7.85. The summed E-state index contributed by atoms with van der Waals surface area (Å²) < 4.78 is 5.29. The molecular formula is C24H31N3O3. The molecule has 0 bridgehead atoms. The summed E-state index contributed by atoms with van der Waals surface area (Å²) >= 11 is 0. The number of primary amides is 1. The summed E-state index contributed by atoms with van der Waals surface area (Å²) in [4.78, 5) is 28.6. The molecule has 2 aromatic rings. The van der Waals surface area contributed by atoms with Gasteiger partial charge in [-0.3, -0.25) is 14.5 Å². The standard InChI is InChI=1S/C24H31N3O3/c1-30-21-13-11-19(12-14-21)22-10-6-3-7-16-26(22)18-24(29)27(17-15-23(25)28)20-8-4-2-5-9-20/h2,4-5,8-9,11-14,22H,3,6-7,10,15-18H2,1H3,(H2,25,28). The van der Waals surface area contributed by atoms with Crippen molar-refractivity contribution in [2.45, 2.75) is 38.1 Å². The second kappa shape index (κ2) is 10.8. The molecule has 6 heteroatoms. The Hall–Kier alpha value is -2.86. The van der Waals surface area contributed by atoms with E-state index in [9.17, 15) is 9.59 Å². The van der Waals surface area contributed by atoms with Crippen LogP contribution in [0.1, 0.15) is 43.7 Å². The lowest BCUT2D eigenvalue weighted by Crippen LogP contribution is -2.43. The quantitative estimate of drug-likeness (QED) is 0.724. The summed E-state index contributed by atoms with van der Waals surface area (Å²) in [5.74, 6) is 0.411. The topological polar surface area (TPSA) is 75.9 Å². The number of rotatable bonds is 8. The lowest BCUT2D eigenvalue weighted by molar-refractivity contribution is -0.120. The van der Waals surface area contributed by atoms with Gasteiger partial charge in [0.2, 0.25) is 11.8 Å². The van der Waals surface area contributed by atoms with Crippen LogP contribution in [0.5, 0.6) is 5.75 Å². The molecule has 0 spiro atoms. The van der Waals surface area contributed by atoms with Crippen LogP contribution >= 0.6 is 0 Å². The fourth-order valence-electron chi connectivity index (χ4n) is 4.05. The van der Waals surface area contributed by atoms with Crippen LogP contribution in [0, 0.1) is 0 Å². The van der Waals surface area contributed by atoms with E-state index in [1.165, 1.54) is 12.0 Å². The average molecular weight is 410 g/mol. The van der Waals surface area contributed by atoms with Gasteiger partial charge in [0.25, 0.3) is 0 Å². The molecule has 0 aromatic heterocycles. The van der Waals surface area contributed by atoms with Crippen molar-refractivity contribution in [3.8, 4) is 5.75 Å². The minimum Gasteiger partial charge on any atom is -0.497 e. The second-order valence-electron chi connectivity index (χ2n) is 7.71. The Morgan fingerprint density at radius 3 is 2.47 bits per heavy atom. The monoisotopic (exact) mass is 409 g/mol. The maximum Gasteiger partial charge on any atom is 0.241 e. The van der Waals surface area contributed by atoms with Crippen LogP contribution in [0.4, 0.5) is 5.69 Å². The zero-order valence-electron chi connectivity index (χ0n) is 17.6. The van der Waals surface area contributed by atoms with E-state index in [-0.39, 0.29) is 18.4 Å². The highest BCUT2D eigenvalue weighted by Crippen LogP contribution is 2.31. The molecule has 1 fully saturated rings. The maximum atomic E-state index is 13.3. The van der Waals surface area contributed by atoms with Crippen molar-refractivity contribution in [1.29, 1.82) is 0 Å². The summed E-state index contributed by atoms with van der Waals surface area (Å²) in [5, 5.41) is 0. The van der Waals surface area contributed by atoms with Gasteiger partial charge in [-0.1, -0.05) is 43.2 Å². The van der Waals surface area contributed by atoms with Gasteiger partial charge < -0.3 is 15.4 Å². The van der Waals surface area contributed by atoms with E-state index >= 15 is 0 Å². The van der Waals surface area contributed by atoms with Crippen molar-refractivity contribution in [1.82, 2.24) is 4.90 Å². The molecule has 1 unspecified atom stereocenters. The SMILES string of the molecule is COc1ccc(C2CCCCCN2CC(=O)N(CCC(N)=O)c2ccccc2)cc1. The summed E-state index contributed by atoms with van der Waals surface area (Å²) in [6.07, 6.45) is 4.55. The van der Waals surface area contributed by atoms with Gasteiger partial charge in [-0.25, -0.2) is 0 Å². The molecule has 1 atom stereocenters. The fourth-order valence-corrected chi connectivity index (χ4v) is 4.05. The van der Waals surface area contributed by atoms with Crippen LogP contribution in [-0.2, 0) is 9.59 Å². The van der Waals surface area contributed by atoms with Crippen molar-refractivity contribution < 1.29 is 14.3 Å². The third-order valence-corrected chi connectivity index (χ3v) is 5.65. The number of nitrogens with two attached hydrogens (primary N) is 1. The van der Waals surface area contributed by atoms with Gasteiger partial charge in [-0.15, -0.1) is 0 Å². The lowest BCUT2D eigenvalue weighted by atomic mass is 10.0. The Morgan fingerprint density at radius 1 is 1.07 bits per heavy atom. The van der Waals surface area contributed by atoms with Crippen LogP contribution in [-0.4, -0.2) is 43.5 Å². The molecular weight excluding hydrogens is 378 g/mol. The number of para-hydroxylation sites is 1. The first kappa shape index (κ1) is 21.8. The van der Waals surface area contributed by atoms with Crippen LogP contribution in [0.3, 0.4) is 0 Å². The first-order chi connectivity index (χ1) is 14.6. The van der Waals surface area contributed by atoms with E-state index in [1.807, 2.05) is 42.5 Å². The van der Waals surface area contributed by atoms with Crippen molar-refractivity contribution in [2.75, 3.05) is 31.6 Å². The van der Waals surface area contributed by atoms with E-state index in [0.29, 0.717) is 13.1 Å². The number of ether oxygens (including phenoxy) is 1. The fraction of sp³-hybridized carbons (Fsp3) is 0.417. The highest BCUT2D eigenvalue weighted by molar-refractivity contribution is 5.95. The smallest absolute Gasteiger partial charge is 0.241 e. The second-order valence-corrected chi connectivity index (χ2v) is 7.71. The Bertz CT molecular complexity index is 823. The van der Waals surface area contributed by atoms with Crippen LogP contribution in [0.15, 0.2) is 54.6 Å². The molecule has 30 heavy (non-hydrogen) atoms. The van der Waals surface area contributed by atoms with Gasteiger partial charge in [0.15, 0.2) is 0 Å². The summed E-state index contributed by atoms with van der Waals surface area (Å²) in [5.41, 5.74) is 7.34. The molecule has 0 aliphatic carbocycles. The number of likely N-dealkylation sites (tertiary alicyclic amines) is 1. The van der Waals surface area contributed by atoms with Gasteiger partial charge in [0, 0.05) is 24.7 Å². The van der Waals surface area contributed by atoms with E-state index in [2.05, 4.69) is 17.0 Å². The van der Waals surface area contributed by atoms with Crippen molar-refractivity contribution >= 4 is 17.5 Å². The lowest BCUT2D eigenvalue weighted by Gasteiger charge is -2.32. The molecule has 1 aliphatic rings. The number of hydrogen-bond donors (Lipinski definition) is 1. The predicted molar refractivity (Wildman–Crippen MR) is 118 cm³/mol. The van der Waals surface area contributed by atoms with Crippen LogP contribution in [0.2, 0.25) is 0 Å². The van der Waals surface area contributed by atoms with E-state index in [4.69, 9.17) is 10.5 Å². The zero-order valence-corrected chi connectivity index (χ0v) is 17.6. The third-order valence-electron chi connectivity index (χ3n) is 5.65. The molecule has 1 heterocycles. The molecule has 1 aliphatic heterocycles. The molecule has 2 amide bonds. The van der Waals surface area contributed by atoms with E-state index < -0.39 is 5.91 Å². The van der Waals surface area contributed by atoms with Gasteiger partial charge in [0.1, 0.15) is 5.75 Å². The van der Waals surface area contributed by atoms with Crippen molar-refractivity contribution in [3.63, 3.8) is 0 Å². The van der Waals surface area contributed by atoms with E-state index in [0.717, 1.165) is 37.2 Å². The minimum atomic E-state index is -0.408. The molecule has 6 nitrogen and oxygen atoms in total. The largest absolute Gasteiger partial charge is 0.497 e. The molecule has 3 rings (SSSR count). The van der Waals surface area contributed by atoms with Gasteiger partial charge >= 0.3 is 0 Å². The van der Waals surface area contributed by atoms with Gasteiger partial charge in [0.05, 0.1) is 13.7 Å². The minimum absolute atomic E-state index is 0.0112. The van der Waals surface area contributed by atoms with Crippen LogP contribution < -0.4 is 15.4 Å². The molecule has 0 radical (unpaired) electrons. The Balaban J connectivity index is 1.79. The number of carbonyl (C=O) groups excluding carboxylic acids is 2. The van der Waals surface area contributed by atoms with Crippen LogP contribution in [0.25, 0.3) is 0 Å². The third kappa shape index (κ3) is 5.83.